The molecule has 1 N–H and O–H groups in total. The van der Waals surface area contributed by atoms with Crippen LogP contribution < -0.4 is 0 Å². The van der Waals surface area contributed by atoms with Crippen molar-refractivity contribution in [2.75, 3.05) is 0 Å². The predicted molar refractivity (Wildman–Crippen MR) is 76.1 cm³/mol. The number of aromatic carboxylic acids is 1. The molecule has 8 heteroatoms. The van der Waals surface area contributed by atoms with Crippen molar-refractivity contribution in [3.63, 3.8) is 0 Å². The van der Waals surface area contributed by atoms with Gasteiger partial charge in [0.2, 0.25) is 0 Å². The number of rotatable bonds is 4. The molecule has 2 rings (SSSR count). The van der Waals surface area contributed by atoms with Crippen molar-refractivity contribution < 1.29 is 14.8 Å². The molecule has 1 heterocycles. The predicted octanol–water partition coefficient (Wildman–Crippen LogP) is 3.60. The van der Waals surface area contributed by atoms with Crippen molar-refractivity contribution in [1.29, 1.82) is 0 Å². The molecule has 1 aromatic heterocycles. The van der Waals surface area contributed by atoms with Crippen LogP contribution in [0.25, 0.3) is 0 Å². The number of carbonyl (C=O) groups is 1. The smallest absolute Gasteiger partial charge is 0.342 e. The molecule has 20 heavy (non-hydrogen) atoms. The van der Waals surface area contributed by atoms with Crippen LogP contribution in [0.2, 0.25) is 0 Å². The summed E-state index contributed by atoms with van der Waals surface area (Å²) < 4.78 is 0.759. The van der Waals surface area contributed by atoms with E-state index in [1.807, 2.05) is 0 Å². The van der Waals surface area contributed by atoms with E-state index in [1.165, 1.54) is 30.0 Å². The molecule has 1 aromatic carbocycles. The van der Waals surface area contributed by atoms with Crippen LogP contribution >= 0.6 is 27.7 Å². The number of carboxylic acid groups (broad SMARTS) is 1. The summed E-state index contributed by atoms with van der Waals surface area (Å²) in [6, 6.07) is 7.52. The number of hydrogen-bond donors (Lipinski definition) is 1. The summed E-state index contributed by atoms with van der Waals surface area (Å²) in [5.74, 6) is -1.33. The Morgan fingerprint density at radius 1 is 1.40 bits per heavy atom. The maximum Gasteiger partial charge on any atom is 0.342 e. The van der Waals surface area contributed by atoms with Crippen molar-refractivity contribution in [1.82, 2.24) is 4.98 Å². The van der Waals surface area contributed by atoms with Gasteiger partial charge in [0.1, 0.15) is 10.6 Å². The molecule has 0 amide bonds. The topological polar surface area (TPSA) is 93.3 Å². The minimum atomic E-state index is -1.33. The Morgan fingerprint density at radius 2 is 2.15 bits per heavy atom. The minimum Gasteiger partial charge on any atom is -0.477 e. The Bertz CT molecular complexity index is 693. The average molecular weight is 355 g/mol. The van der Waals surface area contributed by atoms with Gasteiger partial charge in [-0.05, 0) is 40.2 Å². The number of nitro benzene ring substituents is 1. The van der Waals surface area contributed by atoms with Crippen LogP contribution in [-0.2, 0) is 0 Å². The Morgan fingerprint density at radius 3 is 2.75 bits per heavy atom. The van der Waals surface area contributed by atoms with E-state index in [0.29, 0.717) is 9.92 Å². The number of halogens is 1. The largest absolute Gasteiger partial charge is 0.477 e. The molecule has 2 aromatic rings. The molecule has 0 aliphatic carbocycles. The van der Waals surface area contributed by atoms with Crippen LogP contribution in [0.15, 0.2) is 50.9 Å². The second kappa shape index (κ2) is 6.02. The summed E-state index contributed by atoms with van der Waals surface area (Å²) in [5, 5.41) is 20.5. The first-order chi connectivity index (χ1) is 9.49. The summed E-state index contributed by atoms with van der Waals surface area (Å²) in [7, 11) is 0. The zero-order valence-corrected chi connectivity index (χ0v) is 12.2. The van der Waals surface area contributed by atoms with Gasteiger partial charge in [-0.1, -0.05) is 11.8 Å². The number of nitro groups is 1. The number of benzene rings is 1. The second-order valence-corrected chi connectivity index (χ2v) is 5.55. The summed E-state index contributed by atoms with van der Waals surface area (Å²) in [6.45, 7) is 0. The van der Waals surface area contributed by atoms with Gasteiger partial charge >= 0.3 is 5.97 Å². The van der Waals surface area contributed by atoms with Crippen LogP contribution in [0.1, 0.15) is 10.4 Å². The van der Waals surface area contributed by atoms with Crippen LogP contribution in [0.4, 0.5) is 5.69 Å². The molecular formula is C12H7BrN2O4S. The molecule has 0 atom stereocenters. The SMILES string of the molecule is O=C(O)c1ccc(Sc2ncccc2Br)cc1[N+](=O)[O-]. The fraction of sp³-hybridized carbons (Fsp3) is 0. The molecule has 102 valence electrons. The summed E-state index contributed by atoms with van der Waals surface area (Å²) in [5.41, 5.74) is -0.769. The minimum absolute atomic E-state index is 0.334. The standard InChI is InChI=1S/C12H7BrN2O4S/c13-9-2-1-5-14-11(9)20-7-3-4-8(12(16)17)10(6-7)15(18)19/h1-6H,(H,16,17). The molecule has 0 bridgehead atoms. The van der Waals surface area contributed by atoms with Gasteiger partial charge in [-0.15, -0.1) is 0 Å². The van der Waals surface area contributed by atoms with E-state index in [9.17, 15) is 14.9 Å². The Kier molecular flexibility index (Phi) is 4.35. The van der Waals surface area contributed by atoms with E-state index in [0.717, 1.165) is 4.47 Å². The maximum absolute atomic E-state index is 10.9. The highest BCUT2D eigenvalue weighted by Gasteiger charge is 2.20. The van der Waals surface area contributed by atoms with Gasteiger partial charge in [0.25, 0.3) is 5.69 Å². The van der Waals surface area contributed by atoms with Gasteiger partial charge in [0.15, 0.2) is 0 Å². The molecule has 0 unspecified atom stereocenters. The maximum atomic E-state index is 10.9. The molecule has 0 radical (unpaired) electrons. The molecule has 0 aliphatic heterocycles. The van der Waals surface area contributed by atoms with Gasteiger partial charge in [-0.3, -0.25) is 10.1 Å². The molecular weight excluding hydrogens is 348 g/mol. The molecule has 0 saturated carbocycles. The average Bonchev–Trinajstić information content (AvgIpc) is 2.41. The van der Waals surface area contributed by atoms with E-state index in [1.54, 1.807) is 18.3 Å². The van der Waals surface area contributed by atoms with Crippen LogP contribution in [0.3, 0.4) is 0 Å². The van der Waals surface area contributed by atoms with E-state index in [4.69, 9.17) is 5.11 Å². The number of nitrogens with zero attached hydrogens (tertiary/aromatic N) is 2. The van der Waals surface area contributed by atoms with E-state index in [2.05, 4.69) is 20.9 Å². The van der Waals surface area contributed by atoms with E-state index >= 15 is 0 Å². The molecule has 0 saturated heterocycles. The summed E-state index contributed by atoms with van der Waals surface area (Å²) in [6.07, 6.45) is 1.60. The Labute approximate surface area is 126 Å². The molecule has 0 fully saturated rings. The number of aromatic nitrogens is 1. The number of pyridine rings is 1. The van der Waals surface area contributed by atoms with E-state index in [-0.39, 0.29) is 5.56 Å². The Balaban J connectivity index is 2.40. The first-order valence-corrected chi connectivity index (χ1v) is 6.90. The highest BCUT2D eigenvalue weighted by molar-refractivity contribution is 9.10. The quantitative estimate of drug-likeness (QED) is 0.665. The van der Waals surface area contributed by atoms with Gasteiger partial charge in [0.05, 0.1) is 9.40 Å². The van der Waals surface area contributed by atoms with Crippen molar-refractivity contribution in [3.8, 4) is 0 Å². The zero-order valence-electron chi connectivity index (χ0n) is 9.82. The molecule has 6 nitrogen and oxygen atoms in total. The lowest BCUT2D eigenvalue weighted by Gasteiger charge is -2.04. The van der Waals surface area contributed by atoms with E-state index < -0.39 is 16.6 Å². The first kappa shape index (κ1) is 14.5. The third kappa shape index (κ3) is 3.14. The molecule has 0 aliphatic rings. The monoisotopic (exact) mass is 354 g/mol. The fourth-order valence-electron chi connectivity index (χ4n) is 1.46. The highest BCUT2D eigenvalue weighted by Crippen LogP contribution is 2.34. The summed E-state index contributed by atoms with van der Waals surface area (Å²) >= 11 is 4.54. The van der Waals surface area contributed by atoms with Crippen molar-refractivity contribution >= 4 is 39.3 Å². The van der Waals surface area contributed by atoms with Crippen LogP contribution in [0.5, 0.6) is 0 Å². The normalized spacial score (nSPS) is 10.2. The van der Waals surface area contributed by atoms with Crippen molar-refractivity contribution in [2.24, 2.45) is 0 Å². The van der Waals surface area contributed by atoms with Crippen molar-refractivity contribution in [2.45, 2.75) is 9.92 Å². The third-order valence-corrected chi connectivity index (χ3v) is 4.25. The lowest BCUT2D eigenvalue weighted by Crippen LogP contribution is -2.02. The lowest BCUT2D eigenvalue weighted by molar-refractivity contribution is -0.385. The van der Waals surface area contributed by atoms with Gasteiger partial charge < -0.3 is 5.11 Å². The van der Waals surface area contributed by atoms with Crippen molar-refractivity contribution in [3.05, 3.63) is 56.7 Å². The third-order valence-electron chi connectivity index (χ3n) is 2.34. The first-order valence-electron chi connectivity index (χ1n) is 5.29. The second-order valence-electron chi connectivity index (χ2n) is 3.63. The van der Waals surface area contributed by atoms with Gasteiger partial charge in [0, 0.05) is 17.2 Å². The number of hydrogen-bond acceptors (Lipinski definition) is 5. The lowest BCUT2D eigenvalue weighted by atomic mass is 10.2. The summed E-state index contributed by atoms with van der Waals surface area (Å²) in [4.78, 5) is 25.8. The zero-order chi connectivity index (χ0) is 14.7. The van der Waals surface area contributed by atoms with Gasteiger partial charge in [-0.25, -0.2) is 9.78 Å². The fourth-order valence-corrected chi connectivity index (χ4v) is 2.77. The van der Waals surface area contributed by atoms with Crippen LogP contribution in [-0.4, -0.2) is 21.0 Å². The number of carboxylic acids is 1. The van der Waals surface area contributed by atoms with Gasteiger partial charge in [-0.2, -0.15) is 0 Å². The highest BCUT2D eigenvalue weighted by atomic mass is 79.9. The Hall–Kier alpha value is -1.93. The van der Waals surface area contributed by atoms with Crippen LogP contribution in [0, 0.1) is 10.1 Å². The molecule has 0 spiro atoms.